The Labute approximate surface area is 94.4 Å². The molecule has 0 fully saturated rings. The third-order valence-electron chi connectivity index (χ3n) is 2.20. The summed E-state index contributed by atoms with van der Waals surface area (Å²) in [5.41, 5.74) is -1.16. The zero-order chi connectivity index (χ0) is 12.7. The van der Waals surface area contributed by atoms with E-state index in [2.05, 4.69) is 14.8 Å². The minimum Gasteiger partial charge on any atom is -0.336 e. The van der Waals surface area contributed by atoms with Crippen LogP contribution in [0.4, 0.5) is 0 Å². The Morgan fingerprint density at radius 2 is 2.06 bits per heavy atom. The highest BCUT2D eigenvalue weighted by Crippen LogP contribution is 2.02. The molecule has 0 atom stereocenters. The van der Waals surface area contributed by atoms with Crippen molar-refractivity contribution in [3.63, 3.8) is 0 Å². The van der Waals surface area contributed by atoms with Crippen LogP contribution in [-0.4, -0.2) is 25.2 Å². The van der Waals surface area contributed by atoms with Gasteiger partial charge in [0.2, 0.25) is 0 Å². The van der Waals surface area contributed by atoms with Crippen LogP contribution in [0.3, 0.4) is 0 Å². The average Bonchev–Trinajstić information content (AvgIpc) is 2.63. The first-order chi connectivity index (χ1) is 7.91. The molecule has 17 heavy (non-hydrogen) atoms. The van der Waals surface area contributed by atoms with Crippen LogP contribution < -0.4 is 16.1 Å². The summed E-state index contributed by atoms with van der Waals surface area (Å²) in [5.74, 6) is -0.257. The van der Waals surface area contributed by atoms with Gasteiger partial charge in [0.05, 0.1) is 0 Å². The summed E-state index contributed by atoms with van der Waals surface area (Å²) < 4.78 is 1.53. The van der Waals surface area contributed by atoms with E-state index in [9.17, 15) is 14.4 Å². The zero-order valence-corrected chi connectivity index (χ0v) is 9.47. The number of nitrogens with zero attached hydrogens (tertiary/aromatic N) is 3. The minimum atomic E-state index is -0.760. The molecule has 2 rings (SSSR count). The van der Waals surface area contributed by atoms with Crippen molar-refractivity contribution in [2.24, 2.45) is 7.05 Å². The number of aryl methyl sites for hydroxylation is 2. The van der Waals surface area contributed by atoms with Gasteiger partial charge in [0.25, 0.3) is 0 Å². The number of hydrogen-bond acceptors (Lipinski definition) is 5. The van der Waals surface area contributed by atoms with E-state index >= 15 is 0 Å². The van der Waals surface area contributed by atoms with Gasteiger partial charge >= 0.3 is 17.2 Å². The molecule has 0 amide bonds. The van der Waals surface area contributed by atoms with Gasteiger partial charge in [-0.3, -0.25) is 9.36 Å². The molecule has 0 aliphatic heterocycles. The summed E-state index contributed by atoms with van der Waals surface area (Å²) in [6.07, 6.45) is 0. The molecule has 0 unspecified atom stereocenters. The summed E-state index contributed by atoms with van der Waals surface area (Å²) in [7, 11) is 1.43. The lowest BCUT2D eigenvalue weighted by molar-refractivity contribution is -0.142. The number of rotatable bonds is 1. The van der Waals surface area contributed by atoms with Crippen LogP contribution in [0.5, 0.6) is 0 Å². The van der Waals surface area contributed by atoms with Gasteiger partial charge < -0.3 is 9.82 Å². The average molecular weight is 238 g/mol. The fourth-order valence-corrected chi connectivity index (χ4v) is 1.50. The quantitative estimate of drug-likeness (QED) is 0.666. The Kier molecular flexibility index (Phi) is 2.34. The highest BCUT2D eigenvalue weighted by atomic mass is 16.7. The summed E-state index contributed by atoms with van der Waals surface area (Å²) in [6.45, 7) is 2.76. The van der Waals surface area contributed by atoms with Gasteiger partial charge in [0.15, 0.2) is 11.2 Å². The number of carbonyl (C=O) groups is 1. The van der Waals surface area contributed by atoms with Crippen molar-refractivity contribution in [2.75, 3.05) is 0 Å². The van der Waals surface area contributed by atoms with E-state index in [0.29, 0.717) is 10.6 Å². The normalized spacial score (nSPS) is 10.8. The van der Waals surface area contributed by atoms with Crippen LogP contribution in [0.2, 0.25) is 0 Å². The van der Waals surface area contributed by atoms with Gasteiger partial charge in [0.1, 0.15) is 5.82 Å². The Balaban J connectivity index is 2.91. The zero-order valence-electron chi connectivity index (χ0n) is 9.47. The van der Waals surface area contributed by atoms with Crippen LogP contribution in [0.25, 0.3) is 11.2 Å². The highest BCUT2D eigenvalue weighted by Gasteiger charge is 2.16. The number of nitrogens with one attached hydrogen (secondary N) is 1. The van der Waals surface area contributed by atoms with Crippen LogP contribution in [0, 0.1) is 6.92 Å². The van der Waals surface area contributed by atoms with E-state index in [1.807, 2.05) is 0 Å². The summed E-state index contributed by atoms with van der Waals surface area (Å²) in [6, 6.07) is 0. The number of aromatic nitrogens is 4. The number of carbonyl (C=O) groups excluding carboxylic acids is 1. The van der Waals surface area contributed by atoms with Crippen molar-refractivity contribution in [2.45, 2.75) is 13.8 Å². The maximum Gasteiger partial charge on any atom is 0.366 e. The van der Waals surface area contributed by atoms with Gasteiger partial charge in [-0.05, 0) is 6.92 Å². The Morgan fingerprint density at radius 3 is 2.65 bits per heavy atom. The van der Waals surface area contributed by atoms with Gasteiger partial charge in [0, 0.05) is 14.0 Å². The molecule has 0 saturated carbocycles. The molecule has 8 heteroatoms. The van der Waals surface area contributed by atoms with E-state index in [1.165, 1.54) is 7.05 Å². The number of fused-ring (bicyclic) bond motifs is 1. The second-order valence-corrected chi connectivity index (χ2v) is 3.54. The first-order valence-corrected chi connectivity index (χ1v) is 4.79. The van der Waals surface area contributed by atoms with E-state index in [-0.39, 0.29) is 11.2 Å². The number of aromatic amines is 1. The van der Waals surface area contributed by atoms with Crippen molar-refractivity contribution in [1.29, 1.82) is 0 Å². The number of imidazole rings is 1. The molecule has 2 heterocycles. The molecule has 1 N–H and O–H groups in total. The largest absolute Gasteiger partial charge is 0.366 e. The first-order valence-electron chi connectivity index (χ1n) is 4.79. The molecule has 8 nitrogen and oxygen atoms in total. The molecule has 2 aromatic rings. The monoisotopic (exact) mass is 238 g/mol. The van der Waals surface area contributed by atoms with Gasteiger partial charge in [-0.2, -0.15) is 0 Å². The maximum atomic E-state index is 11.9. The van der Waals surface area contributed by atoms with Crippen molar-refractivity contribution < 1.29 is 9.63 Å². The number of H-pyrrole nitrogens is 1. The van der Waals surface area contributed by atoms with Crippen molar-refractivity contribution in [3.8, 4) is 0 Å². The molecule has 0 saturated heterocycles. The molecule has 0 spiro atoms. The molecule has 2 aromatic heterocycles. The molecule has 90 valence electrons. The van der Waals surface area contributed by atoms with E-state index in [1.54, 1.807) is 6.92 Å². The van der Waals surface area contributed by atoms with E-state index < -0.39 is 17.2 Å². The molecule has 0 aromatic carbocycles. The lowest BCUT2D eigenvalue weighted by atomic mass is 10.5. The van der Waals surface area contributed by atoms with Crippen LogP contribution in [-0.2, 0) is 11.8 Å². The number of hydrogen-bond donors (Lipinski definition) is 1. The van der Waals surface area contributed by atoms with Gasteiger partial charge in [-0.1, -0.05) is 4.73 Å². The summed E-state index contributed by atoms with van der Waals surface area (Å²) in [4.78, 5) is 45.7. The van der Waals surface area contributed by atoms with Crippen LogP contribution in [0.1, 0.15) is 12.7 Å². The van der Waals surface area contributed by atoms with Gasteiger partial charge in [-0.15, -0.1) is 0 Å². The molecule has 0 aliphatic rings. The topological polar surface area (TPSA) is 99.0 Å². The molecular weight excluding hydrogens is 228 g/mol. The lowest BCUT2D eigenvalue weighted by Gasteiger charge is -2.05. The minimum absolute atomic E-state index is 0.117. The van der Waals surface area contributed by atoms with Crippen LogP contribution in [0.15, 0.2) is 9.59 Å². The molecule has 0 aliphatic carbocycles. The second kappa shape index (κ2) is 3.58. The highest BCUT2D eigenvalue weighted by molar-refractivity contribution is 5.70. The second-order valence-electron chi connectivity index (χ2n) is 3.54. The predicted molar refractivity (Wildman–Crippen MR) is 57.6 cm³/mol. The molecular formula is C9H10N4O4. The fourth-order valence-electron chi connectivity index (χ4n) is 1.50. The van der Waals surface area contributed by atoms with Gasteiger partial charge in [-0.25, -0.2) is 14.6 Å². The van der Waals surface area contributed by atoms with E-state index in [4.69, 9.17) is 0 Å². The SMILES string of the molecule is CC(=O)On1c(=O)c2[nH]c(C)nc2n(C)c1=O. The standard InChI is InChI=1S/C9H10N4O4/c1-4-10-6-7(11-4)12(3)9(16)13(8(6)15)17-5(2)14/h1-3H3,(H,10,11). The van der Waals surface area contributed by atoms with Crippen molar-refractivity contribution in [1.82, 2.24) is 19.3 Å². The third kappa shape index (κ3) is 1.63. The Bertz CT molecular complexity index is 721. The molecule has 0 bridgehead atoms. The van der Waals surface area contributed by atoms with Crippen molar-refractivity contribution in [3.05, 3.63) is 26.7 Å². The fraction of sp³-hybridized carbons (Fsp3) is 0.333. The van der Waals surface area contributed by atoms with Crippen LogP contribution >= 0.6 is 0 Å². The Morgan fingerprint density at radius 1 is 1.41 bits per heavy atom. The lowest BCUT2D eigenvalue weighted by Crippen LogP contribution is -2.44. The first kappa shape index (κ1) is 11.1. The molecule has 0 radical (unpaired) electrons. The summed E-state index contributed by atoms with van der Waals surface area (Å²) >= 11 is 0. The predicted octanol–water partition coefficient (Wildman–Crippen LogP) is -1.29. The smallest absolute Gasteiger partial charge is 0.336 e. The summed E-state index contributed by atoms with van der Waals surface area (Å²) in [5, 5.41) is 0. The maximum absolute atomic E-state index is 11.9. The third-order valence-corrected chi connectivity index (χ3v) is 2.20. The van der Waals surface area contributed by atoms with Crippen molar-refractivity contribution >= 4 is 17.1 Å². The van der Waals surface area contributed by atoms with E-state index in [0.717, 1.165) is 11.5 Å². The Hall–Kier alpha value is -2.38.